The maximum Gasteiger partial charge on any atom is 0.254 e. The van der Waals surface area contributed by atoms with Crippen LogP contribution in [0.1, 0.15) is 131 Å². The molecule has 8 aromatic carbocycles. The number of para-hydroxylation sites is 2. The number of anilines is 9. The Kier molecular flexibility index (Phi) is 11.4. The SMILES string of the molecule is CC(C)(C)c1ccc(N2c3cc4c(cc3B3c5c2cc(N(c2ccccc2)c2ccccc2)cc5N(c2ccc(C(C)(C)C)cc2-c2ccccc2)c2sc5ccc(C(C)(C)C)cc5c23)C(C)(C)CCC4(C)C)cc1. The molecule has 3 heterocycles. The molecule has 5 heteroatoms. The van der Waals surface area contributed by atoms with Gasteiger partial charge in [0, 0.05) is 44.4 Å². The maximum absolute atomic E-state index is 2.69. The summed E-state index contributed by atoms with van der Waals surface area (Å²) in [4.78, 5) is 7.82. The zero-order chi connectivity index (χ0) is 52.6. The molecule has 12 rings (SSSR count). The van der Waals surface area contributed by atoms with E-state index in [1.807, 2.05) is 11.3 Å². The largest absolute Gasteiger partial charge is 0.311 e. The van der Waals surface area contributed by atoms with Crippen LogP contribution >= 0.6 is 11.3 Å². The standard InChI is InChI=1S/C70H72BN3S/c1-66(2,3)46-29-33-51(34-30-46)73-59-44-56-55(69(10,11)37-38-70(56,12)13)43-57(59)71-63-54-40-48(68(7,8)9)32-36-62(54)75-65(63)74(58-35-31-47(67(4,5)6)39-53(58)45-23-17-14-18-24-45)61-42-52(41-60(73)64(61)71)72(49-25-19-15-20-26-49)50-27-21-16-22-28-50/h14-36,39-44H,37-38H2,1-13H3. The summed E-state index contributed by atoms with van der Waals surface area (Å²) in [6.07, 6.45) is 2.29. The fourth-order valence-electron chi connectivity index (χ4n) is 12.4. The molecule has 9 aromatic rings. The lowest BCUT2D eigenvalue weighted by atomic mass is 9.33. The van der Waals surface area contributed by atoms with Crippen LogP contribution < -0.4 is 31.1 Å². The first-order chi connectivity index (χ1) is 35.6. The van der Waals surface area contributed by atoms with Crippen LogP contribution in [0.3, 0.4) is 0 Å². The summed E-state index contributed by atoms with van der Waals surface area (Å²) in [5.74, 6) is 0. The maximum atomic E-state index is 2.69. The Hall–Kier alpha value is -6.82. The first kappa shape index (κ1) is 49.1. The Balaban J connectivity index is 1.28. The summed E-state index contributed by atoms with van der Waals surface area (Å²) in [5, 5.41) is 2.64. The van der Waals surface area contributed by atoms with Gasteiger partial charge < -0.3 is 14.7 Å². The predicted molar refractivity (Wildman–Crippen MR) is 327 cm³/mol. The summed E-state index contributed by atoms with van der Waals surface area (Å²) in [6, 6.07) is 67.6. The van der Waals surface area contributed by atoms with Crippen molar-refractivity contribution >= 4 is 95.0 Å². The molecule has 0 unspecified atom stereocenters. The van der Waals surface area contributed by atoms with Gasteiger partial charge in [0.1, 0.15) is 0 Å². The van der Waals surface area contributed by atoms with Crippen LogP contribution in [0, 0.1) is 0 Å². The highest BCUT2D eigenvalue weighted by atomic mass is 32.1. The summed E-state index contributed by atoms with van der Waals surface area (Å²) >= 11 is 1.96. The van der Waals surface area contributed by atoms with E-state index in [4.69, 9.17) is 0 Å². The Morgan fingerprint density at radius 2 is 0.960 bits per heavy atom. The minimum Gasteiger partial charge on any atom is -0.311 e. The first-order valence-electron chi connectivity index (χ1n) is 27.3. The number of fused-ring (bicyclic) bond motifs is 7. The van der Waals surface area contributed by atoms with Gasteiger partial charge in [-0.3, -0.25) is 0 Å². The van der Waals surface area contributed by atoms with E-state index in [-0.39, 0.29) is 33.8 Å². The van der Waals surface area contributed by atoms with E-state index in [0.29, 0.717) is 0 Å². The molecule has 3 aliphatic rings. The third-order valence-corrected chi connectivity index (χ3v) is 18.1. The van der Waals surface area contributed by atoms with Crippen molar-refractivity contribution in [3.05, 3.63) is 204 Å². The van der Waals surface area contributed by atoms with Crippen LogP contribution in [0.25, 0.3) is 21.2 Å². The van der Waals surface area contributed by atoms with Crippen molar-refractivity contribution in [3.8, 4) is 11.1 Å². The normalized spacial score (nSPS) is 15.6. The third-order valence-electron chi connectivity index (χ3n) is 17.0. The molecule has 0 N–H and O–H groups in total. The summed E-state index contributed by atoms with van der Waals surface area (Å²) in [5.41, 5.74) is 22.8. The zero-order valence-electron chi connectivity index (χ0n) is 46.5. The lowest BCUT2D eigenvalue weighted by molar-refractivity contribution is 0.332. The topological polar surface area (TPSA) is 9.72 Å². The molecule has 376 valence electrons. The minimum atomic E-state index is -0.0552. The Labute approximate surface area is 452 Å². The van der Waals surface area contributed by atoms with Gasteiger partial charge in [0.2, 0.25) is 0 Å². The Bertz CT molecular complexity index is 3620. The van der Waals surface area contributed by atoms with E-state index in [9.17, 15) is 0 Å². The van der Waals surface area contributed by atoms with Crippen molar-refractivity contribution in [2.45, 2.75) is 130 Å². The quantitative estimate of drug-likeness (QED) is 0.154. The molecular formula is C70H72BN3S. The van der Waals surface area contributed by atoms with Crippen molar-refractivity contribution in [2.75, 3.05) is 14.7 Å². The van der Waals surface area contributed by atoms with Crippen molar-refractivity contribution in [1.82, 2.24) is 0 Å². The van der Waals surface area contributed by atoms with E-state index < -0.39 is 0 Å². The molecule has 2 aliphatic heterocycles. The number of rotatable bonds is 6. The molecule has 3 nitrogen and oxygen atoms in total. The molecule has 0 radical (unpaired) electrons. The second-order valence-corrected chi connectivity index (χ2v) is 27.2. The third kappa shape index (κ3) is 8.24. The minimum absolute atomic E-state index is 0.00458. The summed E-state index contributed by atoms with van der Waals surface area (Å²) in [7, 11) is 0. The van der Waals surface area contributed by atoms with Gasteiger partial charge in [-0.2, -0.15) is 0 Å². The van der Waals surface area contributed by atoms with Crippen molar-refractivity contribution in [2.24, 2.45) is 0 Å². The predicted octanol–water partition coefficient (Wildman–Crippen LogP) is 18.4. The van der Waals surface area contributed by atoms with Crippen molar-refractivity contribution in [3.63, 3.8) is 0 Å². The van der Waals surface area contributed by atoms with Crippen LogP contribution in [0.5, 0.6) is 0 Å². The zero-order valence-corrected chi connectivity index (χ0v) is 47.3. The monoisotopic (exact) mass is 998 g/mol. The van der Waals surface area contributed by atoms with Crippen LogP contribution in [0.15, 0.2) is 176 Å². The molecule has 0 bridgehead atoms. The van der Waals surface area contributed by atoms with Gasteiger partial charge in [0.25, 0.3) is 6.71 Å². The smallest absolute Gasteiger partial charge is 0.254 e. The molecule has 0 atom stereocenters. The van der Waals surface area contributed by atoms with Gasteiger partial charge in [0.05, 0.1) is 16.4 Å². The second-order valence-electron chi connectivity index (χ2n) is 26.2. The van der Waals surface area contributed by atoms with Gasteiger partial charge in [-0.15, -0.1) is 11.3 Å². The highest BCUT2D eigenvalue weighted by molar-refractivity contribution is 7.26. The van der Waals surface area contributed by atoms with Crippen molar-refractivity contribution in [1.29, 1.82) is 0 Å². The lowest BCUT2D eigenvalue weighted by Gasteiger charge is -2.47. The molecule has 0 fully saturated rings. The average molecular weight is 998 g/mol. The molecular weight excluding hydrogens is 926 g/mol. The van der Waals surface area contributed by atoms with Crippen LogP contribution in [-0.2, 0) is 27.1 Å². The van der Waals surface area contributed by atoms with Crippen LogP contribution in [0.4, 0.5) is 50.5 Å². The molecule has 0 saturated carbocycles. The number of hydrogen-bond acceptors (Lipinski definition) is 4. The summed E-state index contributed by atoms with van der Waals surface area (Å²) in [6.45, 7) is 30.9. The van der Waals surface area contributed by atoms with E-state index in [1.165, 1.54) is 98.9 Å². The van der Waals surface area contributed by atoms with Gasteiger partial charge in [-0.05, 0) is 168 Å². The van der Waals surface area contributed by atoms with Crippen LogP contribution in [0.2, 0.25) is 0 Å². The fourth-order valence-corrected chi connectivity index (χ4v) is 13.7. The fraction of sp³-hybridized carbons (Fsp3) is 0.286. The van der Waals surface area contributed by atoms with E-state index in [1.54, 1.807) is 0 Å². The number of benzene rings is 8. The average Bonchev–Trinajstić information content (AvgIpc) is 3.76. The molecule has 0 amide bonds. The first-order valence-corrected chi connectivity index (χ1v) is 28.1. The lowest BCUT2D eigenvalue weighted by Crippen LogP contribution is -2.61. The highest BCUT2D eigenvalue weighted by Gasteiger charge is 2.49. The molecule has 1 aliphatic carbocycles. The molecule has 1 aromatic heterocycles. The molecule has 0 spiro atoms. The van der Waals surface area contributed by atoms with E-state index in [0.717, 1.165) is 29.9 Å². The number of thiophene rings is 1. The Morgan fingerprint density at radius 1 is 0.453 bits per heavy atom. The van der Waals surface area contributed by atoms with Gasteiger partial charge in [0.15, 0.2) is 0 Å². The van der Waals surface area contributed by atoms with Gasteiger partial charge >= 0.3 is 0 Å². The van der Waals surface area contributed by atoms with E-state index >= 15 is 0 Å². The molecule has 75 heavy (non-hydrogen) atoms. The van der Waals surface area contributed by atoms with Crippen LogP contribution in [-0.4, -0.2) is 6.71 Å². The van der Waals surface area contributed by atoms with E-state index in [2.05, 4.69) is 281 Å². The van der Waals surface area contributed by atoms with Crippen molar-refractivity contribution < 1.29 is 0 Å². The number of nitrogens with zero attached hydrogens (tertiary/aromatic N) is 3. The molecule has 0 saturated heterocycles. The highest BCUT2D eigenvalue weighted by Crippen LogP contribution is 2.55. The van der Waals surface area contributed by atoms with Gasteiger partial charge in [-0.25, -0.2) is 0 Å². The number of hydrogen-bond donors (Lipinski definition) is 0. The Morgan fingerprint density at radius 3 is 1.53 bits per heavy atom. The summed E-state index contributed by atoms with van der Waals surface area (Å²) < 4.78 is 1.32. The van der Waals surface area contributed by atoms with Gasteiger partial charge in [-0.1, -0.05) is 193 Å². The second kappa shape index (κ2) is 17.4.